The molecular formula is C85H68F3N3O2S3. The van der Waals surface area contributed by atoms with Gasteiger partial charge in [0.1, 0.15) is 21.6 Å². The predicted octanol–water partition coefficient (Wildman–Crippen LogP) is 25.5. The van der Waals surface area contributed by atoms with E-state index in [4.69, 9.17) is 17.0 Å². The molecule has 0 heterocycles. The quantitative estimate of drug-likeness (QED) is 0.0464. The summed E-state index contributed by atoms with van der Waals surface area (Å²) in [4.78, 5) is 4.62. The number of thioether (sulfide) groups is 2. The van der Waals surface area contributed by atoms with Crippen LogP contribution in [-0.2, 0) is 6.61 Å². The van der Waals surface area contributed by atoms with E-state index in [0.717, 1.165) is 94.1 Å². The van der Waals surface area contributed by atoms with Crippen molar-refractivity contribution in [3.63, 3.8) is 0 Å². The molecule has 2 atom stereocenters. The summed E-state index contributed by atoms with van der Waals surface area (Å²) >= 11 is 9.09. The van der Waals surface area contributed by atoms with Crippen LogP contribution >= 0.6 is 35.7 Å². The van der Waals surface area contributed by atoms with Crippen molar-refractivity contribution in [3.8, 4) is 73.2 Å². The molecule has 2 unspecified atom stereocenters. The monoisotopic (exact) mass is 1320 g/mol. The number of hydrogen-bond acceptors (Lipinski definition) is 8. The fraction of sp³-hybridized carbons (Fsp3) is 0.106. The number of hydrogen-bond donors (Lipinski definition) is 0. The van der Waals surface area contributed by atoms with Crippen LogP contribution in [0.5, 0.6) is 11.5 Å². The van der Waals surface area contributed by atoms with Gasteiger partial charge >= 0.3 is 12.1 Å². The maximum absolute atomic E-state index is 13.3. The Labute approximate surface area is 574 Å². The smallest absolute Gasteiger partial charge is 0.344 e. The number of benzene rings is 12. The highest BCUT2D eigenvalue weighted by Gasteiger charge is 2.29. The summed E-state index contributed by atoms with van der Waals surface area (Å²) in [6.45, 7) is 4.16. The molecule has 0 N–H and O–H groups in total. The molecule has 0 aliphatic heterocycles. The summed E-state index contributed by atoms with van der Waals surface area (Å²) in [6, 6.07) is 108. The van der Waals surface area contributed by atoms with E-state index in [0.29, 0.717) is 12.2 Å². The van der Waals surface area contributed by atoms with Crippen LogP contribution in [0.3, 0.4) is 0 Å². The lowest BCUT2D eigenvalue weighted by molar-refractivity contribution is 0.241. The first kappa shape index (κ1) is 65.7. The highest BCUT2D eigenvalue weighted by molar-refractivity contribution is 8.47. The van der Waals surface area contributed by atoms with Gasteiger partial charge in [0.25, 0.3) is 0 Å². The second-order valence-electron chi connectivity index (χ2n) is 24.0. The first-order valence-electron chi connectivity index (χ1n) is 31.7. The lowest BCUT2D eigenvalue weighted by Crippen LogP contribution is -2.16. The van der Waals surface area contributed by atoms with Gasteiger partial charge in [0.2, 0.25) is 0 Å². The third-order valence-corrected chi connectivity index (χ3v) is 19.9. The van der Waals surface area contributed by atoms with Gasteiger partial charge in [0.15, 0.2) is 0 Å². The molecule has 0 saturated heterocycles. The lowest BCUT2D eigenvalue weighted by atomic mass is 9.78. The van der Waals surface area contributed by atoms with Crippen LogP contribution in [-0.4, -0.2) is 9.78 Å². The Morgan fingerprint density at radius 2 is 0.750 bits per heavy atom. The fourth-order valence-corrected chi connectivity index (χ4v) is 13.9. The Bertz CT molecular complexity index is 4510. The Hall–Kier alpha value is -10.4. The maximum Gasteiger partial charge on any atom is 0.344 e. The van der Waals surface area contributed by atoms with Crippen molar-refractivity contribution in [3.05, 3.63) is 338 Å². The van der Waals surface area contributed by atoms with Gasteiger partial charge in [-0.15, -0.1) is 11.8 Å². The third kappa shape index (κ3) is 16.4. The van der Waals surface area contributed by atoms with Crippen LogP contribution in [0.15, 0.2) is 321 Å². The number of nitrogens with zero attached hydrogens (tertiary/aromatic N) is 3. The second kappa shape index (κ2) is 30.8. The summed E-state index contributed by atoms with van der Waals surface area (Å²) in [5.41, 5.74) is 20.2. The average molecular weight is 1320 g/mol. The van der Waals surface area contributed by atoms with E-state index in [-0.39, 0.29) is 23.5 Å². The number of anilines is 6. The molecule has 5 nitrogen and oxygen atoms in total. The summed E-state index contributed by atoms with van der Waals surface area (Å²) < 4.78 is 49.8. The second-order valence-corrected chi connectivity index (χ2v) is 27.2. The van der Waals surface area contributed by atoms with Crippen molar-refractivity contribution in [1.29, 1.82) is 5.26 Å². The predicted molar refractivity (Wildman–Crippen MR) is 399 cm³/mol. The summed E-state index contributed by atoms with van der Waals surface area (Å²) in [5, 5.41) is 10.2. The van der Waals surface area contributed by atoms with Crippen LogP contribution in [0, 0.1) is 16.7 Å². The molecule has 0 bridgehead atoms. The molecule has 12 rings (SSSR count). The Morgan fingerprint density at radius 3 is 1.11 bits per heavy atom. The van der Waals surface area contributed by atoms with E-state index >= 15 is 0 Å². The van der Waals surface area contributed by atoms with Crippen LogP contribution in [0.4, 0.5) is 47.3 Å². The SMILES string of the molecule is CSC(=S)SC(CC(CC(C)(C)C#N)c1ccc(OCc2ccc(OC(F)=C(F)F)cc2)cc1)c1ccc(-c2ccc(-c3ccc(N(c4ccccc4)c4ccc(-c5ccc(N(c6ccc(-c7ccccc7)cc6)c6ccc(-c7ccccc7)cc6)cc5)cc4)cc3)cc2)cc1. The molecule has 0 aromatic heterocycles. The van der Waals surface area contributed by atoms with E-state index in [1.54, 1.807) is 35.7 Å². The normalized spacial score (nSPS) is 11.8. The van der Waals surface area contributed by atoms with E-state index in [2.05, 4.69) is 275 Å². The molecule has 0 aliphatic rings. The molecule has 0 fully saturated rings. The number of nitriles is 1. The molecular weight excluding hydrogens is 1250 g/mol. The zero-order valence-electron chi connectivity index (χ0n) is 53.2. The molecule has 0 amide bonds. The van der Waals surface area contributed by atoms with E-state index in [1.807, 2.05) is 50.4 Å². The van der Waals surface area contributed by atoms with E-state index in [9.17, 15) is 18.4 Å². The van der Waals surface area contributed by atoms with Crippen LogP contribution in [0.25, 0.3) is 55.6 Å². The van der Waals surface area contributed by atoms with Crippen molar-refractivity contribution in [2.45, 2.75) is 44.5 Å². The number of halogens is 3. The third-order valence-electron chi connectivity index (χ3n) is 17.0. The van der Waals surface area contributed by atoms with Gasteiger partial charge in [0.05, 0.1) is 11.5 Å². The van der Waals surface area contributed by atoms with E-state index < -0.39 is 17.5 Å². The first-order chi connectivity index (χ1) is 46.8. The Balaban J connectivity index is 0.725. The van der Waals surface area contributed by atoms with Crippen molar-refractivity contribution in [2.75, 3.05) is 16.1 Å². The zero-order chi connectivity index (χ0) is 66.4. The minimum atomic E-state index is -2.52. The van der Waals surface area contributed by atoms with E-state index in [1.165, 1.54) is 34.4 Å². The van der Waals surface area contributed by atoms with Crippen LogP contribution in [0.2, 0.25) is 0 Å². The molecule has 11 heteroatoms. The molecule has 0 saturated carbocycles. The minimum Gasteiger partial charge on any atom is -0.489 e. The number of rotatable bonds is 23. The Morgan fingerprint density at radius 1 is 0.427 bits per heavy atom. The van der Waals surface area contributed by atoms with Gasteiger partial charge in [-0.25, -0.2) is 0 Å². The summed E-state index contributed by atoms with van der Waals surface area (Å²) in [5.74, 6) is 0.607. The van der Waals surface area contributed by atoms with Crippen molar-refractivity contribution in [1.82, 2.24) is 0 Å². The minimum absolute atomic E-state index is 0.0165. The standard InChI is InChI=1S/C85H68F3N3O2S3/c1-85(2,58-89)56-72(70-39-53-79(54-40-70)92-57-59-19-51-80(52-20-59)93-83(88)82(86)87)55-81(96-84(94)95-3)71-27-25-64(26-28-71)62-21-23-63(24-22-62)67-33-45-74(46-34-67)90(73-17-11-6-12-18-73)75-47-35-68(36-48-75)69-37-49-78(50-38-69)91(76-41-29-65(30-42-76)60-13-7-4-8-14-60)77-43-31-66(32-44-77)61-15-9-5-10-16-61/h4-54,72,81H,55-57H2,1-3H3. The van der Waals surface area contributed by atoms with Crippen LogP contribution in [0.1, 0.15) is 54.5 Å². The molecule has 0 radical (unpaired) electrons. The van der Waals surface area contributed by atoms with Crippen molar-refractivity contribution in [2.24, 2.45) is 5.41 Å². The lowest BCUT2D eigenvalue weighted by Gasteiger charge is -2.28. The topological polar surface area (TPSA) is 48.7 Å². The summed E-state index contributed by atoms with van der Waals surface area (Å²) in [6.07, 6.45) is 0.858. The molecule has 474 valence electrons. The van der Waals surface area contributed by atoms with Gasteiger partial charge in [-0.3, -0.25) is 0 Å². The fourth-order valence-electron chi connectivity index (χ4n) is 12.0. The number of thiocarbonyl (C=S) groups is 1. The van der Waals surface area contributed by atoms with Gasteiger partial charge in [-0.05, 0) is 208 Å². The molecule has 96 heavy (non-hydrogen) atoms. The highest BCUT2D eigenvalue weighted by Crippen LogP contribution is 2.46. The van der Waals surface area contributed by atoms with Gasteiger partial charge in [-0.2, -0.15) is 18.4 Å². The molecule has 12 aromatic carbocycles. The van der Waals surface area contributed by atoms with Crippen molar-refractivity contribution >= 4 is 73.4 Å². The molecule has 12 aromatic rings. The number of ether oxygens (including phenoxy) is 2. The molecule has 0 spiro atoms. The largest absolute Gasteiger partial charge is 0.489 e. The maximum atomic E-state index is 13.3. The zero-order valence-corrected chi connectivity index (χ0v) is 55.7. The first-order valence-corrected chi connectivity index (χ1v) is 34.2. The average Bonchev–Trinajstić information content (AvgIpc) is 0.818. The summed E-state index contributed by atoms with van der Waals surface area (Å²) in [7, 11) is 0. The molecule has 0 aliphatic carbocycles. The highest BCUT2D eigenvalue weighted by atomic mass is 32.2. The van der Waals surface area contributed by atoms with Crippen LogP contribution < -0.4 is 19.3 Å². The van der Waals surface area contributed by atoms with Gasteiger partial charge < -0.3 is 19.3 Å². The van der Waals surface area contributed by atoms with Gasteiger partial charge in [-0.1, -0.05) is 236 Å². The van der Waals surface area contributed by atoms with Gasteiger partial charge in [0, 0.05) is 39.4 Å². The Kier molecular flexibility index (Phi) is 21.1. The van der Waals surface area contributed by atoms with Crippen molar-refractivity contribution < 1.29 is 22.6 Å². The number of para-hydroxylation sites is 1.